The van der Waals surface area contributed by atoms with Crippen LogP contribution in [-0.2, 0) is 16.5 Å². The van der Waals surface area contributed by atoms with E-state index in [0.717, 1.165) is 0 Å². The van der Waals surface area contributed by atoms with Gasteiger partial charge >= 0.3 is 0 Å². The van der Waals surface area contributed by atoms with Crippen molar-refractivity contribution in [1.82, 2.24) is 0 Å². The van der Waals surface area contributed by atoms with Gasteiger partial charge in [-0.1, -0.05) is 90.8 Å². The Balaban J connectivity index is 0.00000578. The molecule has 0 amide bonds. The molecule has 0 fully saturated rings. The zero-order chi connectivity index (χ0) is 25.0. The number of nitrogens with zero attached hydrogens (tertiary/aromatic N) is 1. The summed E-state index contributed by atoms with van der Waals surface area (Å²) < 4.78 is 0. The van der Waals surface area contributed by atoms with Gasteiger partial charge in [0.25, 0.3) is 0 Å². The Bertz CT molecular complexity index is 797. The monoisotopic (exact) mass is 508 g/mol. The van der Waals surface area contributed by atoms with Gasteiger partial charge in [-0.2, -0.15) is 0 Å². The second-order valence-electron chi connectivity index (χ2n) is 11.1. The van der Waals surface area contributed by atoms with E-state index in [1.807, 2.05) is 0 Å². The van der Waals surface area contributed by atoms with Gasteiger partial charge in [-0.3, -0.25) is 0 Å². The molecule has 0 bridgehead atoms. The minimum absolute atomic E-state index is 0. The second kappa shape index (κ2) is 13.2. The zero-order valence-corrected chi connectivity index (χ0v) is 24.1. The topological polar surface area (TPSA) is 66.1 Å². The van der Waals surface area contributed by atoms with E-state index in [9.17, 15) is 0 Å². The van der Waals surface area contributed by atoms with Crippen LogP contribution in [0.1, 0.15) is 136 Å². The van der Waals surface area contributed by atoms with Crippen molar-refractivity contribution < 1.29 is 16.5 Å². The van der Waals surface area contributed by atoms with Crippen LogP contribution in [0.4, 0.5) is 0 Å². The predicted octanol–water partition coefficient (Wildman–Crippen LogP) is 7.87. The molecule has 0 aromatic heterocycles. The largest absolute Gasteiger partial charge is 0.659 e. The van der Waals surface area contributed by atoms with Crippen molar-refractivity contribution in [3.63, 3.8) is 0 Å². The molecule has 3 nitrogen and oxygen atoms in total. The van der Waals surface area contributed by atoms with Crippen molar-refractivity contribution in [2.45, 2.75) is 105 Å². The minimum Gasteiger partial charge on any atom is -0.659 e. The van der Waals surface area contributed by atoms with E-state index < -0.39 is 0 Å². The molecule has 0 heterocycles. The summed E-state index contributed by atoms with van der Waals surface area (Å²) >= 11 is 0. The summed E-state index contributed by atoms with van der Waals surface area (Å²) in [4.78, 5) is 0. The maximum Gasteiger partial charge on any atom is 0.0110 e. The molecule has 2 rings (SSSR count). The van der Waals surface area contributed by atoms with Crippen molar-refractivity contribution in [1.29, 1.82) is 0 Å². The molecule has 0 spiro atoms. The van der Waals surface area contributed by atoms with Gasteiger partial charge in [0, 0.05) is 28.6 Å². The number of benzene rings is 2. The number of hydrogen-bond acceptors (Lipinski definition) is 2. The summed E-state index contributed by atoms with van der Waals surface area (Å²) in [6, 6.07) is 8.97. The van der Waals surface area contributed by atoms with Gasteiger partial charge in [-0.05, 0) is 70.9 Å². The van der Waals surface area contributed by atoms with Gasteiger partial charge in [-0.25, -0.2) is 0 Å². The average Bonchev–Trinajstić information content (AvgIpc) is 2.71. The summed E-state index contributed by atoms with van der Waals surface area (Å²) in [6.07, 6.45) is 0. The van der Waals surface area contributed by atoms with E-state index in [1.54, 1.807) is 0 Å². The van der Waals surface area contributed by atoms with Gasteiger partial charge in [0.15, 0.2) is 0 Å². The Morgan fingerprint density at radius 1 is 0.559 bits per heavy atom. The van der Waals surface area contributed by atoms with Crippen LogP contribution in [-0.4, -0.2) is 13.1 Å². The molecule has 0 saturated heterocycles. The molecule has 2 atom stereocenters. The van der Waals surface area contributed by atoms with Crippen LogP contribution in [0.3, 0.4) is 0 Å². The molecule has 2 unspecified atom stereocenters. The number of aryl methyl sites for hydroxylation is 2. The summed E-state index contributed by atoms with van der Waals surface area (Å²) in [5.74, 6) is 1.72. The molecule has 34 heavy (non-hydrogen) atoms. The fraction of sp³-hybridized carbons (Fsp3) is 0.600. The van der Waals surface area contributed by atoms with Gasteiger partial charge in [0.2, 0.25) is 0 Å². The Hall–Kier alpha value is -1.19. The van der Waals surface area contributed by atoms with Crippen LogP contribution in [0.2, 0.25) is 0 Å². The smallest absolute Gasteiger partial charge is 0.0110 e. The van der Waals surface area contributed by atoms with Crippen molar-refractivity contribution in [3.05, 3.63) is 74.1 Å². The van der Waals surface area contributed by atoms with E-state index >= 15 is 0 Å². The van der Waals surface area contributed by atoms with Crippen molar-refractivity contribution >= 4 is 0 Å². The zero-order valence-electron chi connectivity index (χ0n) is 23.1. The third-order valence-corrected chi connectivity index (χ3v) is 6.66. The van der Waals surface area contributed by atoms with Crippen LogP contribution in [0.15, 0.2) is 24.3 Å². The van der Waals surface area contributed by atoms with Gasteiger partial charge < -0.3 is 16.8 Å². The quantitative estimate of drug-likeness (QED) is 0.320. The first-order valence-corrected chi connectivity index (χ1v) is 12.8. The molecule has 2 aromatic carbocycles. The standard InChI is InChI=1S/C30H48N3.Ni/c1-17(2)23-11-21(9)12-24(18(3)4)29(23)27(31)15-33-16-28(32)30-25(19(5)6)13-22(10)14-26(30)20(7)8;/h11-14,17-20,27-28H,15-16,31-32H2,1-10H3;/q-1;. The molecule has 0 aliphatic heterocycles. The molecule has 4 N–H and O–H groups in total. The number of nitrogens with two attached hydrogens (primary N) is 2. The molecule has 194 valence electrons. The predicted molar refractivity (Wildman–Crippen MR) is 146 cm³/mol. The summed E-state index contributed by atoms with van der Waals surface area (Å²) in [5.41, 5.74) is 24.2. The molecule has 0 aliphatic rings. The molecule has 2 aromatic rings. The second-order valence-corrected chi connectivity index (χ2v) is 11.1. The van der Waals surface area contributed by atoms with E-state index in [4.69, 9.17) is 16.8 Å². The first-order valence-electron chi connectivity index (χ1n) is 12.8. The third kappa shape index (κ3) is 7.41. The van der Waals surface area contributed by atoms with Gasteiger partial charge in [0.05, 0.1) is 0 Å². The van der Waals surface area contributed by atoms with Gasteiger partial charge in [-0.15, -0.1) is 13.1 Å². The summed E-state index contributed by atoms with van der Waals surface area (Å²) in [7, 11) is 0. The number of rotatable bonds is 10. The van der Waals surface area contributed by atoms with Gasteiger partial charge in [0.1, 0.15) is 0 Å². The van der Waals surface area contributed by atoms with Crippen LogP contribution >= 0.6 is 0 Å². The summed E-state index contributed by atoms with van der Waals surface area (Å²) in [5, 5.41) is 4.92. The van der Waals surface area contributed by atoms with E-state index in [1.165, 1.54) is 44.5 Å². The van der Waals surface area contributed by atoms with Crippen molar-refractivity contribution in [3.8, 4) is 0 Å². The Labute approximate surface area is 219 Å². The molecule has 0 saturated carbocycles. The van der Waals surface area contributed by atoms with Crippen LogP contribution in [0, 0.1) is 13.8 Å². The Kier molecular flexibility index (Phi) is 12.0. The molecule has 0 radical (unpaired) electrons. The maximum atomic E-state index is 6.79. The minimum atomic E-state index is -0.111. The first-order chi connectivity index (χ1) is 15.3. The van der Waals surface area contributed by atoms with Crippen molar-refractivity contribution in [2.24, 2.45) is 11.5 Å². The molecule has 4 heteroatoms. The molecule has 0 aliphatic carbocycles. The number of hydrogen-bond donors (Lipinski definition) is 2. The maximum absolute atomic E-state index is 6.79. The fourth-order valence-electron chi connectivity index (χ4n) is 5.01. The molecular weight excluding hydrogens is 461 g/mol. The van der Waals surface area contributed by atoms with E-state index in [-0.39, 0.29) is 28.6 Å². The summed E-state index contributed by atoms with van der Waals surface area (Å²) in [6.45, 7) is 23.5. The fourth-order valence-corrected chi connectivity index (χ4v) is 5.01. The molecular formula is C30H48N3Ni-. The van der Waals surface area contributed by atoms with Crippen LogP contribution in [0.5, 0.6) is 0 Å². The average molecular weight is 509 g/mol. The third-order valence-electron chi connectivity index (χ3n) is 6.66. The Morgan fingerprint density at radius 2 is 0.794 bits per heavy atom. The van der Waals surface area contributed by atoms with Crippen LogP contribution in [0.25, 0.3) is 5.32 Å². The first kappa shape index (κ1) is 30.8. The SMILES string of the molecule is Cc1cc(C(C)C)c(C(N)C[N-]CC(N)c2c(C(C)C)cc(C)cc2C(C)C)c(C(C)C)c1.[Ni]. The van der Waals surface area contributed by atoms with E-state index in [0.29, 0.717) is 36.8 Å². The Morgan fingerprint density at radius 3 is 1.00 bits per heavy atom. The van der Waals surface area contributed by atoms with Crippen molar-refractivity contribution in [2.75, 3.05) is 13.1 Å². The van der Waals surface area contributed by atoms with E-state index in [2.05, 4.69) is 93.5 Å². The normalized spacial score (nSPS) is 13.6. The van der Waals surface area contributed by atoms with Crippen LogP contribution < -0.4 is 11.5 Å².